The zero-order valence-electron chi connectivity index (χ0n) is 9.49. The van der Waals surface area contributed by atoms with Crippen molar-refractivity contribution in [1.29, 1.82) is 0 Å². The molecule has 1 heterocycles. The summed E-state index contributed by atoms with van der Waals surface area (Å²) in [6.07, 6.45) is 1.25. The van der Waals surface area contributed by atoms with Crippen molar-refractivity contribution in [3.05, 3.63) is 24.3 Å². The lowest BCUT2D eigenvalue weighted by atomic mass is 10.2. The first-order chi connectivity index (χ1) is 7.20. The number of ether oxygens (including phenoxy) is 1. The summed E-state index contributed by atoms with van der Waals surface area (Å²) in [7, 11) is 1.75. The number of carbonyl (C=O) groups is 1. The zero-order valence-corrected chi connectivity index (χ0v) is 9.49. The van der Waals surface area contributed by atoms with E-state index in [1.807, 2.05) is 24.3 Å². The molecule has 0 radical (unpaired) electrons. The molecular formula is C12H17NO2. The van der Waals surface area contributed by atoms with Gasteiger partial charge in [0.2, 0.25) is 0 Å². The fraction of sp³-hybridized carbons (Fsp3) is 0.417. The molecule has 3 nitrogen and oxygen atoms in total. The molecule has 0 bridgehead atoms. The lowest BCUT2D eigenvalue weighted by Gasteiger charge is -2.25. The highest BCUT2D eigenvalue weighted by molar-refractivity contribution is 5.97. The molecule has 1 aliphatic rings. The molecule has 0 spiro atoms. The van der Waals surface area contributed by atoms with E-state index in [0.29, 0.717) is 0 Å². The predicted octanol–water partition coefficient (Wildman–Crippen LogP) is 2.46. The first-order valence-electron chi connectivity index (χ1n) is 5.19. The largest absolute Gasteiger partial charge is 0.482 e. The number of fused-ring (bicyclic) bond motifs is 1. The van der Waals surface area contributed by atoms with Crippen LogP contribution in [0.3, 0.4) is 0 Å². The van der Waals surface area contributed by atoms with Gasteiger partial charge in [-0.3, -0.25) is 4.79 Å². The van der Waals surface area contributed by atoms with Crippen LogP contribution >= 0.6 is 0 Å². The van der Waals surface area contributed by atoms with Crippen LogP contribution in [-0.4, -0.2) is 19.6 Å². The second-order valence-corrected chi connectivity index (χ2v) is 3.42. The molecule has 2 rings (SSSR count). The van der Waals surface area contributed by atoms with Crippen LogP contribution < -0.4 is 9.64 Å². The molecule has 1 aromatic carbocycles. The first-order valence-corrected chi connectivity index (χ1v) is 5.19. The first kappa shape index (κ1) is 11.6. The monoisotopic (exact) mass is 207 g/mol. The molecule has 3 heteroatoms. The molecule has 1 aliphatic heterocycles. The number of hydrogen-bond donors (Lipinski definition) is 0. The van der Waals surface area contributed by atoms with Crippen molar-refractivity contribution in [3.8, 4) is 5.75 Å². The van der Waals surface area contributed by atoms with Gasteiger partial charge in [-0.25, -0.2) is 0 Å². The predicted molar refractivity (Wildman–Crippen MR) is 61.3 cm³/mol. The van der Waals surface area contributed by atoms with Crippen molar-refractivity contribution in [2.24, 2.45) is 0 Å². The maximum atomic E-state index is 11.2. The fourth-order valence-corrected chi connectivity index (χ4v) is 1.23. The van der Waals surface area contributed by atoms with E-state index in [1.54, 1.807) is 11.9 Å². The van der Waals surface area contributed by atoms with Crippen LogP contribution in [0, 0.1) is 0 Å². The number of carbonyl (C=O) groups excluding carboxylic acids is 1. The minimum atomic E-state index is -0.00583. The van der Waals surface area contributed by atoms with Crippen molar-refractivity contribution < 1.29 is 9.53 Å². The molecule has 0 atom stereocenters. The van der Waals surface area contributed by atoms with Crippen LogP contribution in [0.5, 0.6) is 5.75 Å². The van der Waals surface area contributed by atoms with Gasteiger partial charge < -0.3 is 9.64 Å². The van der Waals surface area contributed by atoms with E-state index in [0.717, 1.165) is 11.4 Å². The Kier molecular flexibility index (Phi) is 4.16. The van der Waals surface area contributed by atoms with Crippen LogP contribution in [0.4, 0.5) is 5.69 Å². The topological polar surface area (TPSA) is 29.5 Å². The Morgan fingerprint density at radius 3 is 2.60 bits per heavy atom. The summed E-state index contributed by atoms with van der Waals surface area (Å²) in [6, 6.07) is 7.50. The minimum Gasteiger partial charge on any atom is -0.482 e. The molecule has 0 saturated heterocycles. The Morgan fingerprint density at radius 2 is 1.93 bits per heavy atom. The molecule has 0 aromatic heterocycles. The van der Waals surface area contributed by atoms with Gasteiger partial charge in [-0.1, -0.05) is 32.4 Å². The van der Waals surface area contributed by atoms with Crippen LogP contribution in [0.15, 0.2) is 24.3 Å². The van der Waals surface area contributed by atoms with Gasteiger partial charge in [-0.15, -0.1) is 0 Å². The standard InChI is InChI=1S/C9H9NO2.C3H8/c1-10-7-4-2-3-5-8(7)12-6-9(10)11;1-3-2/h2-5H,6H2,1H3;3H2,1-2H3. The fourth-order valence-electron chi connectivity index (χ4n) is 1.23. The Morgan fingerprint density at radius 1 is 1.33 bits per heavy atom. The number of rotatable bonds is 0. The van der Waals surface area contributed by atoms with Crippen molar-refractivity contribution in [2.45, 2.75) is 20.3 Å². The van der Waals surface area contributed by atoms with Crippen LogP contribution in [0.25, 0.3) is 0 Å². The highest BCUT2D eigenvalue weighted by Gasteiger charge is 2.20. The average molecular weight is 207 g/mol. The normalized spacial score (nSPS) is 13.5. The van der Waals surface area contributed by atoms with Gasteiger partial charge in [0.25, 0.3) is 5.91 Å². The number of benzene rings is 1. The maximum absolute atomic E-state index is 11.2. The van der Waals surface area contributed by atoms with Gasteiger partial charge in [-0.2, -0.15) is 0 Å². The van der Waals surface area contributed by atoms with Crippen LogP contribution in [0.2, 0.25) is 0 Å². The lowest BCUT2D eigenvalue weighted by molar-refractivity contribution is -0.120. The molecule has 0 saturated carbocycles. The van der Waals surface area contributed by atoms with Gasteiger partial charge in [0.05, 0.1) is 5.69 Å². The Labute approximate surface area is 90.7 Å². The third kappa shape index (κ3) is 2.72. The van der Waals surface area contributed by atoms with Crippen molar-refractivity contribution in [2.75, 3.05) is 18.6 Å². The van der Waals surface area contributed by atoms with E-state index in [1.165, 1.54) is 6.42 Å². The Balaban J connectivity index is 0.000000337. The van der Waals surface area contributed by atoms with Crippen LogP contribution in [0.1, 0.15) is 20.3 Å². The van der Waals surface area contributed by atoms with Crippen molar-refractivity contribution >= 4 is 11.6 Å². The number of para-hydroxylation sites is 2. The quantitative estimate of drug-likeness (QED) is 0.654. The highest BCUT2D eigenvalue weighted by Crippen LogP contribution is 2.29. The summed E-state index contributed by atoms with van der Waals surface area (Å²) in [4.78, 5) is 12.8. The van der Waals surface area contributed by atoms with Crippen molar-refractivity contribution in [3.63, 3.8) is 0 Å². The second-order valence-electron chi connectivity index (χ2n) is 3.42. The molecular weight excluding hydrogens is 190 g/mol. The second kappa shape index (κ2) is 5.39. The van der Waals surface area contributed by atoms with E-state index in [2.05, 4.69) is 13.8 Å². The Hall–Kier alpha value is -1.51. The Bertz CT molecular complexity index is 336. The number of nitrogens with zero attached hydrogens (tertiary/aromatic N) is 1. The molecule has 1 aromatic rings. The molecule has 0 unspecified atom stereocenters. The van der Waals surface area contributed by atoms with Gasteiger partial charge in [0, 0.05) is 7.05 Å². The zero-order chi connectivity index (χ0) is 11.3. The van der Waals surface area contributed by atoms with Crippen LogP contribution in [-0.2, 0) is 4.79 Å². The van der Waals surface area contributed by atoms with E-state index < -0.39 is 0 Å². The molecule has 15 heavy (non-hydrogen) atoms. The summed E-state index contributed by atoms with van der Waals surface area (Å²) in [5.41, 5.74) is 0.841. The van der Waals surface area contributed by atoms with Gasteiger partial charge >= 0.3 is 0 Å². The van der Waals surface area contributed by atoms with Crippen molar-refractivity contribution in [1.82, 2.24) is 0 Å². The van der Waals surface area contributed by atoms with Gasteiger partial charge in [0.15, 0.2) is 6.61 Å². The summed E-state index contributed by atoms with van der Waals surface area (Å²) < 4.78 is 5.21. The number of hydrogen-bond acceptors (Lipinski definition) is 2. The molecule has 1 amide bonds. The minimum absolute atomic E-state index is 0.00583. The van der Waals surface area contributed by atoms with E-state index in [4.69, 9.17) is 4.74 Å². The third-order valence-corrected chi connectivity index (χ3v) is 1.95. The number of amides is 1. The SMILES string of the molecule is CCC.CN1C(=O)COc2ccccc21. The maximum Gasteiger partial charge on any atom is 0.264 e. The number of likely N-dealkylation sites (N-methyl/N-ethyl adjacent to an activating group) is 1. The van der Waals surface area contributed by atoms with E-state index in [9.17, 15) is 4.79 Å². The lowest BCUT2D eigenvalue weighted by Crippen LogP contribution is -2.35. The van der Waals surface area contributed by atoms with Gasteiger partial charge in [0.1, 0.15) is 5.75 Å². The third-order valence-electron chi connectivity index (χ3n) is 1.95. The molecule has 0 N–H and O–H groups in total. The smallest absolute Gasteiger partial charge is 0.264 e. The number of anilines is 1. The average Bonchev–Trinajstić information content (AvgIpc) is 2.25. The summed E-state index contributed by atoms with van der Waals surface area (Å²) in [5.74, 6) is 0.772. The molecule has 0 fully saturated rings. The van der Waals surface area contributed by atoms with Gasteiger partial charge in [-0.05, 0) is 12.1 Å². The van der Waals surface area contributed by atoms with E-state index in [-0.39, 0.29) is 12.5 Å². The highest BCUT2D eigenvalue weighted by atomic mass is 16.5. The summed E-state index contributed by atoms with van der Waals surface area (Å²) in [5, 5.41) is 0. The summed E-state index contributed by atoms with van der Waals surface area (Å²) in [6.45, 7) is 4.40. The van der Waals surface area contributed by atoms with E-state index >= 15 is 0 Å². The molecule has 0 aliphatic carbocycles. The molecule has 82 valence electrons. The summed E-state index contributed by atoms with van der Waals surface area (Å²) >= 11 is 0.